The molecular weight excluding hydrogens is 318 g/mol. The van der Waals surface area contributed by atoms with Gasteiger partial charge in [-0.1, -0.05) is 13.8 Å². The van der Waals surface area contributed by atoms with Crippen molar-refractivity contribution in [3.05, 3.63) is 11.6 Å². The number of sulfonamides is 1. The van der Waals surface area contributed by atoms with Crippen LogP contribution in [0.1, 0.15) is 44.3 Å². The zero-order chi connectivity index (χ0) is 16.8. The van der Waals surface area contributed by atoms with Gasteiger partial charge in [-0.15, -0.1) is 0 Å². The third kappa shape index (κ3) is 3.25. The predicted octanol–water partition coefficient (Wildman–Crippen LogP) is -0.132. The van der Waals surface area contributed by atoms with E-state index in [9.17, 15) is 13.2 Å². The Labute approximate surface area is 136 Å². The number of carbonyl (C=O) groups is 1. The Morgan fingerprint density at radius 3 is 2.48 bits per heavy atom. The lowest BCUT2D eigenvalue weighted by atomic mass is 9.85. The minimum Gasteiger partial charge on any atom is -0.349 e. The van der Waals surface area contributed by atoms with Crippen molar-refractivity contribution in [2.24, 2.45) is 0 Å². The lowest BCUT2D eigenvalue weighted by molar-refractivity contribution is -0.123. The van der Waals surface area contributed by atoms with Gasteiger partial charge in [0.05, 0.1) is 6.26 Å². The van der Waals surface area contributed by atoms with Crippen LogP contribution in [0.2, 0.25) is 0 Å². The van der Waals surface area contributed by atoms with Crippen LogP contribution in [-0.2, 0) is 27.8 Å². The maximum Gasteiger partial charge on any atom is 0.242 e. The molecule has 0 saturated carbocycles. The summed E-state index contributed by atoms with van der Waals surface area (Å²) in [6, 6.07) is 0. The van der Waals surface area contributed by atoms with E-state index < -0.39 is 15.6 Å². The highest BCUT2D eigenvalue weighted by Crippen LogP contribution is 2.29. The molecule has 8 nitrogen and oxygen atoms in total. The number of hydrogen-bond acceptors (Lipinski definition) is 5. The topological polar surface area (TPSA) is 97.2 Å². The highest BCUT2D eigenvalue weighted by atomic mass is 32.2. The summed E-state index contributed by atoms with van der Waals surface area (Å²) >= 11 is 0. The largest absolute Gasteiger partial charge is 0.349 e. The number of amides is 1. The first kappa shape index (κ1) is 16.4. The lowest BCUT2D eigenvalue weighted by Crippen LogP contribution is -2.56. The van der Waals surface area contributed by atoms with Crippen molar-refractivity contribution >= 4 is 15.9 Å². The zero-order valence-corrected chi connectivity index (χ0v) is 14.6. The third-order valence-electron chi connectivity index (χ3n) is 4.62. The second kappa shape index (κ2) is 5.55. The molecular formula is C14H23N5O3S. The lowest BCUT2D eigenvalue weighted by Gasteiger charge is -2.40. The number of aromatic nitrogens is 3. The second-order valence-corrected chi connectivity index (χ2v) is 8.85. The molecule has 1 N–H and O–H groups in total. The Hall–Kier alpha value is -1.48. The van der Waals surface area contributed by atoms with Crippen LogP contribution in [-0.4, -0.2) is 58.3 Å². The van der Waals surface area contributed by atoms with Gasteiger partial charge in [-0.25, -0.2) is 22.4 Å². The molecule has 1 aromatic rings. The summed E-state index contributed by atoms with van der Waals surface area (Å²) in [4.78, 5) is 16.8. The van der Waals surface area contributed by atoms with E-state index in [1.165, 1.54) is 10.6 Å². The molecule has 0 unspecified atom stereocenters. The van der Waals surface area contributed by atoms with Gasteiger partial charge in [0.25, 0.3) is 0 Å². The molecule has 1 aromatic heterocycles. The summed E-state index contributed by atoms with van der Waals surface area (Å²) in [5.74, 6) is 1.68. The van der Waals surface area contributed by atoms with Crippen molar-refractivity contribution in [3.63, 3.8) is 0 Å². The zero-order valence-electron chi connectivity index (χ0n) is 13.7. The standard InChI is InChI=1S/C14H23N5O3S/c1-10(2)13-15-11-8-14(16-12(20)9-19(11)17-13)4-6-18(7-5-14)23(3,21)22/h10H,4-9H2,1-3H3,(H,16,20). The van der Waals surface area contributed by atoms with Crippen LogP contribution in [0.15, 0.2) is 0 Å². The first-order chi connectivity index (χ1) is 10.7. The average molecular weight is 341 g/mol. The number of nitrogens with one attached hydrogen (secondary N) is 1. The molecule has 3 heterocycles. The van der Waals surface area contributed by atoms with Crippen LogP contribution in [0.3, 0.4) is 0 Å². The fourth-order valence-corrected chi connectivity index (χ4v) is 4.11. The first-order valence-corrected chi connectivity index (χ1v) is 9.73. The Morgan fingerprint density at radius 1 is 1.26 bits per heavy atom. The molecule has 0 atom stereocenters. The van der Waals surface area contributed by atoms with Gasteiger partial charge < -0.3 is 5.32 Å². The number of nitrogens with zero attached hydrogens (tertiary/aromatic N) is 4. The van der Waals surface area contributed by atoms with Crippen LogP contribution < -0.4 is 5.32 Å². The van der Waals surface area contributed by atoms with Crippen LogP contribution in [0, 0.1) is 0 Å². The minimum absolute atomic E-state index is 0.0863. The molecule has 1 saturated heterocycles. The van der Waals surface area contributed by atoms with Gasteiger partial charge in [0.15, 0.2) is 5.82 Å². The Morgan fingerprint density at radius 2 is 1.91 bits per heavy atom. The summed E-state index contributed by atoms with van der Waals surface area (Å²) in [5, 5.41) is 7.52. The molecule has 1 fully saturated rings. The molecule has 1 amide bonds. The van der Waals surface area contributed by atoms with E-state index in [4.69, 9.17) is 0 Å². The Bertz CT molecular complexity index is 717. The predicted molar refractivity (Wildman–Crippen MR) is 84.3 cm³/mol. The molecule has 3 rings (SSSR count). The molecule has 0 aromatic carbocycles. The van der Waals surface area contributed by atoms with E-state index in [0.29, 0.717) is 32.4 Å². The molecule has 2 aliphatic rings. The maximum atomic E-state index is 12.2. The van der Waals surface area contributed by atoms with Crippen molar-refractivity contribution in [2.75, 3.05) is 19.3 Å². The van der Waals surface area contributed by atoms with Crippen LogP contribution in [0.25, 0.3) is 0 Å². The van der Waals surface area contributed by atoms with Gasteiger partial charge in [0.1, 0.15) is 12.4 Å². The summed E-state index contributed by atoms with van der Waals surface area (Å²) < 4.78 is 26.5. The molecule has 23 heavy (non-hydrogen) atoms. The molecule has 1 spiro atoms. The quantitative estimate of drug-likeness (QED) is 0.808. The molecule has 0 radical (unpaired) electrons. The number of carbonyl (C=O) groups excluding carboxylic acids is 1. The fourth-order valence-electron chi connectivity index (χ4n) is 3.26. The number of hydrogen-bond donors (Lipinski definition) is 1. The maximum absolute atomic E-state index is 12.2. The van der Waals surface area contributed by atoms with Crippen LogP contribution in [0.4, 0.5) is 0 Å². The molecule has 0 aliphatic carbocycles. The normalized spacial score (nSPS) is 22.0. The molecule has 0 bridgehead atoms. The van der Waals surface area contributed by atoms with Gasteiger partial charge >= 0.3 is 0 Å². The summed E-state index contributed by atoms with van der Waals surface area (Å²) in [6.45, 7) is 5.06. The second-order valence-electron chi connectivity index (χ2n) is 6.87. The van der Waals surface area contributed by atoms with E-state index in [1.807, 2.05) is 13.8 Å². The van der Waals surface area contributed by atoms with E-state index >= 15 is 0 Å². The number of rotatable bonds is 2. The molecule has 128 valence electrons. The van der Waals surface area contributed by atoms with Crippen molar-refractivity contribution in [1.82, 2.24) is 24.4 Å². The SMILES string of the molecule is CC(C)c1nc2n(n1)CC(=O)NC1(CCN(S(C)(=O)=O)CC1)C2. The van der Waals surface area contributed by atoms with Gasteiger partial charge in [0, 0.05) is 31.0 Å². The number of fused-ring (bicyclic) bond motifs is 1. The van der Waals surface area contributed by atoms with Gasteiger partial charge in [-0.05, 0) is 12.8 Å². The van der Waals surface area contributed by atoms with Gasteiger partial charge in [-0.2, -0.15) is 5.10 Å². The summed E-state index contributed by atoms with van der Waals surface area (Å²) in [6.07, 6.45) is 3.00. The highest BCUT2D eigenvalue weighted by Gasteiger charge is 2.41. The van der Waals surface area contributed by atoms with E-state index in [2.05, 4.69) is 15.4 Å². The smallest absolute Gasteiger partial charge is 0.242 e. The Kier molecular flexibility index (Phi) is 3.96. The first-order valence-electron chi connectivity index (χ1n) is 7.88. The Balaban J connectivity index is 1.85. The van der Waals surface area contributed by atoms with Crippen molar-refractivity contribution in [1.29, 1.82) is 0 Å². The number of piperidine rings is 1. The fraction of sp³-hybridized carbons (Fsp3) is 0.786. The van der Waals surface area contributed by atoms with E-state index in [-0.39, 0.29) is 18.4 Å². The van der Waals surface area contributed by atoms with Crippen molar-refractivity contribution in [2.45, 2.75) is 51.1 Å². The van der Waals surface area contributed by atoms with E-state index in [1.54, 1.807) is 4.68 Å². The highest BCUT2D eigenvalue weighted by molar-refractivity contribution is 7.88. The minimum atomic E-state index is -3.18. The van der Waals surface area contributed by atoms with Gasteiger partial charge in [0.2, 0.25) is 15.9 Å². The average Bonchev–Trinajstić information content (AvgIpc) is 2.75. The van der Waals surface area contributed by atoms with Crippen LogP contribution >= 0.6 is 0 Å². The monoisotopic (exact) mass is 341 g/mol. The van der Waals surface area contributed by atoms with Gasteiger partial charge in [-0.3, -0.25) is 4.79 Å². The van der Waals surface area contributed by atoms with Crippen molar-refractivity contribution < 1.29 is 13.2 Å². The summed E-state index contributed by atoms with van der Waals surface area (Å²) in [7, 11) is -3.18. The third-order valence-corrected chi connectivity index (χ3v) is 5.93. The van der Waals surface area contributed by atoms with E-state index in [0.717, 1.165) is 11.6 Å². The molecule has 2 aliphatic heterocycles. The summed E-state index contributed by atoms with van der Waals surface area (Å²) in [5.41, 5.74) is -0.423. The van der Waals surface area contributed by atoms with Crippen molar-refractivity contribution in [3.8, 4) is 0 Å². The molecule has 9 heteroatoms. The van der Waals surface area contributed by atoms with Crippen LogP contribution in [0.5, 0.6) is 0 Å².